The second kappa shape index (κ2) is 7.75. The van der Waals surface area contributed by atoms with Crippen LogP contribution in [0.3, 0.4) is 0 Å². The lowest BCUT2D eigenvalue weighted by atomic mass is 9.75. The zero-order valence-corrected chi connectivity index (χ0v) is 20.8. The molecule has 1 unspecified atom stereocenters. The molecule has 9 heteroatoms. The van der Waals surface area contributed by atoms with Crippen molar-refractivity contribution in [2.75, 3.05) is 24.2 Å². The van der Waals surface area contributed by atoms with E-state index in [2.05, 4.69) is 44.1 Å². The molecule has 3 heterocycles. The molecule has 2 aliphatic heterocycles. The Kier molecular flexibility index (Phi) is 5.39. The normalized spacial score (nSPS) is 27.8. The van der Waals surface area contributed by atoms with Crippen LogP contribution in [0.25, 0.3) is 0 Å². The summed E-state index contributed by atoms with van der Waals surface area (Å²) < 4.78 is 32.5. The minimum absolute atomic E-state index is 0.154. The molecule has 2 atom stereocenters. The Bertz CT molecular complexity index is 1180. The number of anilines is 1. The van der Waals surface area contributed by atoms with E-state index in [1.54, 1.807) is 0 Å². The van der Waals surface area contributed by atoms with Gasteiger partial charge in [-0.3, -0.25) is 0 Å². The van der Waals surface area contributed by atoms with Crippen molar-refractivity contribution in [2.24, 2.45) is 0 Å². The van der Waals surface area contributed by atoms with E-state index < -0.39 is 21.0 Å². The molecule has 1 aromatic carbocycles. The molecule has 1 aliphatic carbocycles. The van der Waals surface area contributed by atoms with E-state index in [1.807, 2.05) is 11.8 Å². The van der Waals surface area contributed by atoms with Gasteiger partial charge in [0.25, 0.3) is 0 Å². The van der Waals surface area contributed by atoms with Crippen LogP contribution in [0.15, 0.2) is 27.8 Å². The summed E-state index contributed by atoms with van der Waals surface area (Å²) in [7, 11) is -3.60. The Hall–Kier alpha value is -1.55. The number of fused-ring (bicyclic) bond motifs is 3. The maximum Gasteiger partial charge on any atom is 0.249 e. The first-order valence-electron chi connectivity index (χ1n) is 11.1. The van der Waals surface area contributed by atoms with E-state index in [0.29, 0.717) is 38.4 Å². The highest BCUT2D eigenvalue weighted by molar-refractivity contribution is 9.10. The van der Waals surface area contributed by atoms with Gasteiger partial charge < -0.3 is 14.7 Å². The number of aromatic nitrogens is 2. The Morgan fingerprint density at radius 3 is 2.78 bits per heavy atom. The minimum Gasteiger partial charge on any atom is -0.388 e. The number of aliphatic hydroxyl groups is 1. The smallest absolute Gasteiger partial charge is 0.249 e. The molecule has 1 aromatic heterocycles. The minimum atomic E-state index is -3.60. The van der Waals surface area contributed by atoms with Gasteiger partial charge in [0.2, 0.25) is 15.0 Å². The number of nitrogens with zero attached hydrogens (tertiary/aromatic N) is 3. The molecule has 1 saturated heterocycles. The first kappa shape index (κ1) is 22.3. The van der Waals surface area contributed by atoms with Gasteiger partial charge in [0.15, 0.2) is 0 Å². The zero-order valence-electron chi connectivity index (χ0n) is 18.4. The van der Waals surface area contributed by atoms with Crippen molar-refractivity contribution in [3.8, 4) is 0 Å². The maximum atomic E-state index is 12.5. The molecule has 5 rings (SSSR count). The van der Waals surface area contributed by atoms with Gasteiger partial charge in [-0.25, -0.2) is 18.4 Å². The number of ether oxygens (including phenoxy) is 1. The summed E-state index contributed by atoms with van der Waals surface area (Å²) in [5, 5.41) is 10.5. The number of benzene rings is 1. The van der Waals surface area contributed by atoms with Gasteiger partial charge in [-0.05, 0) is 62.3 Å². The molecule has 32 heavy (non-hydrogen) atoms. The highest BCUT2D eigenvalue weighted by atomic mass is 79.9. The van der Waals surface area contributed by atoms with Gasteiger partial charge in [-0.15, -0.1) is 0 Å². The maximum absolute atomic E-state index is 12.5. The largest absolute Gasteiger partial charge is 0.388 e. The van der Waals surface area contributed by atoms with Gasteiger partial charge >= 0.3 is 0 Å². The lowest BCUT2D eigenvalue weighted by Crippen LogP contribution is -2.47. The third-order valence-corrected chi connectivity index (χ3v) is 8.23. The standard InChI is InChI=1S/C23H28BrN3O4S/c1-22(28)8-4-10-27(14-22)20-17-13-31-23(12-19(17)25-21(26-20)32(2,29)30)9-3-5-15-6-7-16(24)11-18(15)23/h6-7,11,28H,3-5,8-10,12-14H2,1-2H3/t22-,23?/m1/s1. The number of β-amino-alcohol motifs (C(OH)–C–C–N with tert-alkyl or cyclic N) is 1. The summed E-state index contributed by atoms with van der Waals surface area (Å²) in [5.74, 6) is 0.579. The van der Waals surface area contributed by atoms with Crippen LogP contribution in [0.1, 0.15) is 55.0 Å². The van der Waals surface area contributed by atoms with Crippen LogP contribution in [-0.4, -0.2) is 48.4 Å². The van der Waals surface area contributed by atoms with Crippen LogP contribution in [0.4, 0.5) is 5.82 Å². The van der Waals surface area contributed by atoms with Crippen molar-refractivity contribution >= 4 is 31.6 Å². The summed E-state index contributed by atoms with van der Waals surface area (Å²) in [4.78, 5) is 11.0. The third kappa shape index (κ3) is 3.97. The molecule has 1 spiro atoms. The molecule has 0 radical (unpaired) electrons. The molecule has 7 nitrogen and oxygen atoms in total. The summed E-state index contributed by atoms with van der Waals surface area (Å²) in [6.07, 6.45) is 6.05. The highest BCUT2D eigenvalue weighted by Gasteiger charge is 2.43. The number of piperidine rings is 1. The fraction of sp³-hybridized carbons (Fsp3) is 0.565. The molecule has 0 bridgehead atoms. The number of halogens is 1. The quantitative estimate of drug-likeness (QED) is 0.606. The van der Waals surface area contributed by atoms with E-state index in [4.69, 9.17) is 4.74 Å². The Morgan fingerprint density at radius 2 is 2.03 bits per heavy atom. The summed E-state index contributed by atoms with van der Waals surface area (Å²) >= 11 is 3.59. The summed E-state index contributed by atoms with van der Waals surface area (Å²) in [6.45, 7) is 3.25. The fourth-order valence-electron chi connectivity index (χ4n) is 5.37. The Balaban J connectivity index is 1.62. The molecule has 3 aliphatic rings. The predicted octanol–water partition coefficient (Wildman–Crippen LogP) is 3.30. The van der Waals surface area contributed by atoms with Crippen molar-refractivity contribution in [2.45, 2.75) is 68.4 Å². The molecule has 1 fully saturated rings. The molecule has 0 saturated carbocycles. The SMILES string of the molecule is C[C@@]1(O)CCCN(c2nc(S(C)(=O)=O)nc3c2COC2(CCCc4ccc(Br)cc42)C3)C1. The van der Waals surface area contributed by atoms with Crippen LogP contribution in [-0.2, 0) is 39.6 Å². The zero-order chi connectivity index (χ0) is 22.7. The highest BCUT2D eigenvalue weighted by Crippen LogP contribution is 2.46. The summed E-state index contributed by atoms with van der Waals surface area (Å²) in [5.41, 5.74) is 2.64. The van der Waals surface area contributed by atoms with Gasteiger partial charge in [-0.2, -0.15) is 0 Å². The topological polar surface area (TPSA) is 92.6 Å². The lowest BCUT2D eigenvalue weighted by Gasteiger charge is -2.44. The van der Waals surface area contributed by atoms with Crippen LogP contribution in [0, 0.1) is 0 Å². The first-order chi connectivity index (χ1) is 15.1. The fourth-order valence-corrected chi connectivity index (χ4v) is 6.26. The molecular formula is C23H28BrN3O4S. The van der Waals surface area contributed by atoms with E-state index in [0.717, 1.165) is 53.2 Å². The molecule has 0 amide bonds. The number of aryl methyl sites for hydroxylation is 1. The van der Waals surface area contributed by atoms with E-state index in [-0.39, 0.29) is 5.16 Å². The van der Waals surface area contributed by atoms with E-state index >= 15 is 0 Å². The van der Waals surface area contributed by atoms with E-state index in [9.17, 15) is 13.5 Å². The Labute approximate surface area is 197 Å². The summed E-state index contributed by atoms with van der Waals surface area (Å²) in [6, 6.07) is 6.32. The molecule has 172 valence electrons. The van der Waals surface area contributed by atoms with Gasteiger partial charge in [0.1, 0.15) is 5.82 Å². The second-order valence-electron chi connectivity index (χ2n) is 9.66. The van der Waals surface area contributed by atoms with Crippen LogP contribution >= 0.6 is 15.9 Å². The number of sulfone groups is 1. The van der Waals surface area contributed by atoms with E-state index in [1.165, 1.54) is 5.56 Å². The average Bonchev–Trinajstić information content (AvgIpc) is 2.72. The van der Waals surface area contributed by atoms with Crippen LogP contribution < -0.4 is 4.90 Å². The lowest BCUT2D eigenvalue weighted by molar-refractivity contribution is -0.0857. The van der Waals surface area contributed by atoms with Gasteiger partial charge in [0, 0.05) is 35.8 Å². The Morgan fingerprint density at radius 1 is 1.22 bits per heavy atom. The van der Waals surface area contributed by atoms with Gasteiger partial charge in [0.05, 0.1) is 23.5 Å². The number of hydrogen-bond acceptors (Lipinski definition) is 7. The van der Waals surface area contributed by atoms with Crippen molar-refractivity contribution in [3.05, 3.63) is 45.1 Å². The van der Waals surface area contributed by atoms with Crippen LogP contribution in [0.5, 0.6) is 0 Å². The second-order valence-corrected chi connectivity index (χ2v) is 12.5. The number of hydrogen-bond donors (Lipinski definition) is 1. The van der Waals surface area contributed by atoms with Crippen molar-refractivity contribution < 1.29 is 18.3 Å². The predicted molar refractivity (Wildman–Crippen MR) is 124 cm³/mol. The van der Waals surface area contributed by atoms with Crippen molar-refractivity contribution in [3.63, 3.8) is 0 Å². The third-order valence-electron chi connectivity index (χ3n) is 6.89. The van der Waals surface area contributed by atoms with Gasteiger partial charge in [-0.1, -0.05) is 22.0 Å². The molecule has 2 aromatic rings. The molecule has 1 N–H and O–H groups in total. The van der Waals surface area contributed by atoms with Crippen molar-refractivity contribution in [1.82, 2.24) is 9.97 Å². The first-order valence-corrected chi connectivity index (χ1v) is 13.7. The average molecular weight is 522 g/mol. The monoisotopic (exact) mass is 521 g/mol. The number of rotatable bonds is 2. The van der Waals surface area contributed by atoms with Crippen LogP contribution in [0.2, 0.25) is 0 Å². The molecular weight excluding hydrogens is 494 g/mol. The van der Waals surface area contributed by atoms with Crippen molar-refractivity contribution in [1.29, 1.82) is 0 Å².